The predicted octanol–water partition coefficient (Wildman–Crippen LogP) is 8.86. The number of furan rings is 1. The first kappa shape index (κ1) is 28.8. The fraction of sp³-hybridized carbons (Fsp3) is 0.433. The molecule has 0 aliphatic rings. The molecule has 0 saturated heterocycles. The molecular formula is C30H36F2O4S. The van der Waals surface area contributed by atoms with E-state index in [0.717, 1.165) is 51.9 Å². The molecule has 4 nitrogen and oxygen atoms in total. The maximum absolute atomic E-state index is 14.1. The monoisotopic (exact) mass is 530 g/mol. The van der Waals surface area contributed by atoms with Crippen molar-refractivity contribution >= 4 is 28.7 Å². The summed E-state index contributed by atoms with van der Waals surface area (Å²) in [5, 5.41) is 0.983. The van der Waals surface area contributed by atoms with Crippen LogP contribution in [-0.2, 0) is 16.0 Å². The predicted molar refractivity (Wildman–Crippen MR) is 147 cm³/mol. The molecule has 200 valence electrons. The third kappa shape index (κ3) is 8.92. The Hall–Kier alpha value is -2.80. The number of benzene rings is 2. The summed E-state index contributed by atoms with van der Waals surface area (Å²) >= 11 is 1.54. The molecule has 0 aliphatic carbocycles. The minimum atomic E-state index is -2.77. The van der Waals surface area contributed by atoms with Gasteiger partial charge in [-0.2, -0.15) is 0 Å². The number of methoxy groups -OCH3 is 1. The first-order valence-corrected chi connectivity index (χ1v) is 13.8. The van der Waals surface area contributed by atoms with Crippen molar-refractivity contribution in [3.63, 3.8) is 0 Å². The van der Waals surface area contributed by atoms with E-state index in [1.165, 1.54) is 30.2 Å². The maximum atomic E-state index is 14.1. The highest BCUT2D eigenvalue weighted by atomic mass is 32.2. The van der Waals surface area contributed by atoms with Crippen molar-refractivity contribution in [2.24, 2.45) is 0 Å². The standard InChI is InChI=1S/C30H36F2O4S/c1-4-6-7-10-22-11-14-25(27(19-22)34-3)28-20-23-12-13-24(21-26(23)36-28)37-18-9-16-30(31,32)15-8-17-35-29(33)5-2/h5,11-14,19-21H,2,4,6-10,15-18H2,1,3H3. The van der Waals surface area contributed by atoms with Gasteiger partial charge in [-0.1, -0.05) is 32.4 Å². The van der Waals surface area contributed by atoms with Crippen LogP contribution in [0.25, 0.3) is 22.3 Å². The van der Waals surface area contributed by atoms with Crippen LogP contribution in [0.3, 0.4) is 0 Å². The number of rotatable bonds is 16. The van der Waals surface area contributed by atoms with Crippen molar-refractivity contribution in [2.75, 3.05) is 19.5 Å². The highest BCUT2D eigenvalue weighted by Gasteiger charge is 2.27. The van der Waals surface area contributed by atoms with Gasteiger partial charge in [-0.3, -0.25) is 0 Å². The summed E-state index contributed by atoms with van der Waals surface area (Å²) in [5.74, 6) is -1.25. The zero-order chi connectivity index (χ0) is 26.7. The Bertz CT molecular complexity index is 1170. The van der Waals surface area contributed by atoms with Crippen LogP contribution in [0, 0.1) is 0 Å². The van der Waals surface area contributed by atoms with Crippen LogP contribution in [0.15, 0.2) is 64.4 Å². The molecule has 0 aliphatic heterocycles. The Morgan fingerprint density at radius 3 is 2.65 bits per heavy atom. The normalized spacial score (nSPS) is 11.6. The molecule has 1 heterocycles. The Labute approximate surface area is 222 Å². The molecule has 0 saturated carbocycles. The molecule has 37 heavy (non-hydrogen) atoms. The average molecular weight is 531 g/mol. The number of ether oxygens (including phenoxy) is 2. The lowest BCUT2D eigenvalue weighted by molar-refractivity contribution is -0.138. The molecule has 0 fully saturated rings. The van der Waals surface area contributed by atoms with Gasteiger partial charge in [0.1, 0.15) is 17.1 Å². The van der Waals surface area contributed by atoms with Crippen LogP contribution in [0.4, 0.5) is 8.78 Å². The Balaban J connectivity index is 1.54. The quantitative estimate of drug-likeness (QED) is 0.0801. The van der Waals surface area contributed by atoms with Crippen molar-refractivity contribution in [1.29, 1.82) is 0 Å². The van der Waals surface area contributed by atoms with Crippen LogP contribution in [-0.4, -0.2) is 31.4 Å². The number of esters is 1. The number of thioether (sulfide) groups is 1. The van der Waals surface area contributed by atoms with Gasteiger partial charge in [-0.25, -0.2) is 13.6 Å². The second-order valence-corrected chi connectivity index (χ2v) is 10.3. The Kier molecular flexibility index (Phi) is 11.1. The number of hydrogen-bond acceptors (Lipinski definition) is 5. The number of halogens is 2. The minimum absolute atomic E-state index is 0.0185. The summed E-state index contributed by atoms with van der Waals surface area (Å²) in [6, 6.07) is 14.2. The Morgan fingerprint density at radius 1 is 1.08 bits per heavy atom. The fourth-order valence-electron chi connectivity index (χ4n) is 4.12. The Morgan fingerprint density at radius 2 is 1.89 bits per heavy atom. The van der Waals surface area contributed by atoms with Gasteiger partial charge in [-0.15, -0.1) is 11.8 Å². The number of aryl methyl sites for hydroxylation is 1. The molecule has 3 rings (SSSR count). The lowest BCUT2D eigenvalue weighted by Gasteiger charge is -2.15. The van der Waals surface area contributed by atoms with Gasteiger partial charge in [0.25, 0.3) is 0 Å². The molecule has 0 atom stereocenters. The second kappa shape index (κ2) is 14.2. The van der Waals surface area contributed by atoms with Gasteiger partial charge in [0, 0.05) is 29.2 Å². The second-order valence-electron chi connectivity index (χ2n) is 9.09. The van der Waals surface area contributed by atoms with E-state index < -0.39 is 11.9 Å². The SMILES string of the molecule is C=CC(=O)OCCCC(F)(F)CCCSc1ccc2cc(-c3ccc(CCCCC)cc3OC)oc2c1. The summed E-state index contributed by atoms with van der Waals surface area (Å²) in [7, 11) is 1.67. The van der Waals surface area contributed by atoms with Crippen molar-refractivity contribution in [3.8, 4) is 17.1 Å². The molecule has 0 spiro atoms. The van der Waals surface area contributed by atoms with E-state index in [-0.39, 0.29) is 25.9 Å². The summed E-state index contributed by atoms with van der Waals surface area (Å²) in [6.07, 6.45) is 5.64. The molecule has 1 aromatic heterocycles. The van der Waals surface area contributed by atoms with E-state index in [2.05, 4.69) is 31.7 Å². The maximum Gasteiger partial charge on any atom is 0.330 e. The molecule has 3 aromatic rings. The number of hydrogen-bond donors (Lipinski definition) is 0. The number of carbonyl (C=O) groups is 1. The highest BCUT2D eigenvalue weighted by Crippen LogP contribution is 2.36. The van der Waals surface area contributed by atoms with Crippen molar-refractivity contribution < 1.29 is 27.5 Å². The van der Waals surface area contributed by atoms with Crippen molar-refractivity contribution in [1.82, 2.24) is 0 Å². The molecule has 0 unspecified atom stereocenters. The molecule has 2 aromatic carbocycles. The van der Waals surface area contributed by atoms with E-state index >= 15 is 0 Å². The van der Waals surface area contributed by atoms with Crippen LogP contribution in [0.1, 0.15) is 57.4 Å². The molecule has 0 N–H and O–H groups in total. The highest BCUT2D eigenvalue weighted by molar-refractivity contribution is 7.99. The smallest absolute Gasteiger partial charge is 0.330 e. The summed E-state index contributed by atoms with van der Waals surface area (Å²) < 4.78 is 44.8. The number of fused-ring (bicyclic) bond motifs is 1. The molecule has 0 bridgehead atoms. The van der Waals surface area contributed by atoms with E-state index in [4.69, 9.17) is 13.9 Å². The fourth-order valence-corrected chi connectivity index (χ4v) is 5.00. The minimum Gasteiger partial charge on any atom is -0.496 e. The van der Waals surface area contributed by atoms with Crippen molar-refractivity contribution in [2.45, 2.75) is 69.1 Å². The van der Waals surface area contributed by atoms with Gasteiger partial charge in [0.15, 0.2) is 0 Å². The number of carbonyl (C=O) groups excluding carboxylic acids is 1. The van der Waals surface area contributed by atoms with Gasteiger partial charge in [0.05, 0.1) is 19.3 Å². The largest absolute Gasteiger partial charge is 0.496 e. The van der Waals surface area contributed by atoms with Crippen molar-refractivity contribution in [3.05, 3.63) is 60.7 Å². The first-order valence-electron chi connectivity index (χ1n) is 12.9. The first-order chi connectivity index (χ1) is 17.8. The number of unbranched alkanes of at least 4 members (excludes halogenated alkanes) is 2. The van der Waals surface area contributed by atoms with Gasteiger partial charge >= 0.3 is 5.97 Å². The van der Waals surface area contributed by atoms with E-state index in [0.29, 0.717) is 12.2 Å². The zero-order valence-corrected chi connectivity index (χ0v) is 22.5. The van der Waals surface area contributed by atoms with E-state index in [9.17, 15) is 13.6 Å². The van der Waals surface area contributed by atoms with Crippen LogP contribution < -0.4 is 4.74 Å². The lowest BCUT2D eigenvalue weighted by Crippen LogP contribution is -2.17. The number of alkyl halides is 2. The van der Waals surface area contributed by atoms with Crippen LogP contribution in [0.5, 0.6) is 5.75 Å². The zero-order valence-electron chi connectivity index (χ0n) is 21.7. The van der Waals surface area contributed by atoms with Crippen LogP contribution in [0.2, 0.25) is 0 Å². The molecule has 7 heteroatoms. The van der Waals surface area contributed by atoms with E-state index in [1.54, 1.807) is 7.11 Å². The summed E-state index contributed by atoms with van der Waals surface area (Å²) in [5.41, 5.74) is 2.92. The van der Waals surface area contributed by atoms with E-state index in [1.807, 2.05) is 24.3 Å². The lowest BCUT2D eigenvalue weighted by atomic mass is 10.0. The average Bonchev–Trinajstić information content (AvgIpc) is 3.32. The van der Waals surface area contributed by atoms with Gasteiger partial charge in [0.2, 0.25) is 5.92 Å². The third-order valence-electron chi connectivity index (χ3n) is 6.15. The molecule has 0 amide bonds. The topological polar surface area (TPSA) is 48.7 Å². The van der Waals surface area contributed by atoms with Gasteiger partial charge in [-0.05, 0) is 73.4 Å². The van der Waals surface area contributed by atoms with Gasteiger partial charge < -0.3 is 13.9 Å². The molecule has 0 radical (unpaired) electrons. The summed E-state index contributed by atoms with van der Waals surface area (Å²) in [4.78, 5) is 12.0. The van der Waals surface area contributed by atoms with Crippen LogP contribution >= 0.6 is 11.8 Å². The third-order valence-corrected chi connectivity index (χ3v) is 7.23. The summed E-state index contributed by atoms with van der Waals surface area (Å²) in [6.45, 7) is 5.46. The molecular weight excluding hydrogens is 494 g/mol.